The van der Waals surface area contributed by atoms with Gasteiger partial charge in [-0.25, -0.2) is 0 Å². The van der Waals surface area contributed by atoms with E-state index in [2.05, 4.69) is 35.8 Å². The number of hydrogen-bond donors (Lipinski definition) is 0. The van der Waals surface area contributed by atoms with Gasteiger partial charge in [-0.3, -0.25) is 0 Å². The van der Waals surface area contributed by atoms with E-state index in [0.717, 1.165) is 43.8 Å². The zero-order valence-corrected chi connectivity index (χ0v) is 16.3. The molecule has 0 saturated heterocycles. The first-order valence-corrected chi connectivity index (χ1v) is 9.89. The maximum atomic E-state index is 8.64. The SMILES string of the molecule is [2H]c1cccc2c(C#Cc3ccccc3)c3ccccc3c(C#Cc3ccccc3)c12. The first kappa shape index (κ1) is 16.7. The Kier molecular flexibility index (Phi) is 4.45. The molecule has 0 aliphatic rings. The van der Waals surface area contributed by atoms with Crippen LogP contribution in [0.5, 0.6) is 0 Å². The second-order valence-electron chi connectivity index (χ2n) is 6.99. The van der Waals surface area contributed by atoms with Crippen LogP contribution in [0, 0.1) is 23.7 Å². The Labute approximate surface area is 178 Å². The number of fused-ring (bicyclic) bond motifs is 2. The summed E-state index contributed by atoms with van der Waals surface area (Å²) in [5, 5.41) is 3.89. The van der Waals surface area contributed by atoms with Crippen LogP contribution < -0.4 is 0 Å². The standard InChI is InChI=1S/C30H18/c1-3-11-23(12-4-1)19-21-29-25-15-7-9-17-27(25)30(28-18-10-8-16-26(28)29)22-20-24-13-5-2-6-14-24/h1-18H/i15D. The molecule has 0 aliphatic carbocycles. The van der Waals surface area contributed by atoms with E-state index >= 15 is 0 Å². The van der Waals surface area contributed by atoms with Crippen molar-refractivity contribution in [3.05, 3.63) is 131 Å². The minimum Gasteiger partial charge on any atom is -0.0622 e. The zero-order valence-electron chi connectivity index (χ0n) is 17.3. The molecule has 0 bridgehead atoms. The van der Waals surface area contributed by atoms with E-state index < -0.39 is 0 Å². The van der Waals surface area contributed by atoms with Crippen LogP contribution in [0.4, 0.5) is 0 Å². The predicted octanol–water partition coefficient (Wildman–Crippen LogP) is 6.79. The molecule has 0 aliphatic heterocycles. The maximum absolute atomic E-state index is 8.64. The lowest BCUT2D eigenvalue weighted by molar-refractivity contribution is 1.64. The smallest absolute Gasteiger partial charge is 0.0622 e. The van der Waals surface area contributed by atoms with Gasteiger partial charge in [0.1, 0.15) is 0 Å². The van der Waals surface area contributed by atoms with Crippen molar-refractivity contribution in [1.29, 1.82) is 0 Å². The highest BCUT2D eigenvalue weighted by Gasteiger charge is 2.11. The molecule has 0 atom stereocenters. The zero-order chi connectivity index (χ0) is 21.0. The van der Waals surface area contributed by atoms with Gasteiger partial charge < -0.3 is 0 Å². The normalized spacial score (nSPS) is 10.6. The lowest BCUT2D eigenvalue weighted by Gasteiger charge is -2.10. The molecule has 0 radical (unpaired) electrons. The van der Waals surface area contributed by atoms with Gasteiger partial charge in [0.2, 0.25) is 0 Å². The summed E-state index contributed by atoms with van der Waals surface area (Å²) in [6.07, 6.45) is 0. The van der Waals surface area contributed by atoms with Crippen LogP contribution in [0.1, 0.15) is 23.6 Å². The Balaban J connectivity index is 1.84. The average molecular weight is 379 g/mol. The van der Waals surface area contributed by atoms with Gasteiger partial charge in [0.15, 0.2) is 0 Å². The largest absolute Gasteiger partial charge is 0.0630 e. The van der Waals surface area contributed by atoms with Crippen LogP contribution in [0.2, 0.25) is 0 Å². The number of benzene rings is 5. The first-order valence-electron chi connectivity index (χ1n) is 10.4. The second-order valence-corrected chi connectivity index (χ2v) is 6.99. The van der Waals surface area contributed by atoms with Gasteiger partial charge in [-0.2, -0.15) is 0 Å². The van der Waals surface area contributed by atoms with Crippen molar-refractivity contribution in [3.8, 4) is 23.7 Å². The molecule has 0 heterocycles. The average Bonchev–Trinajstić information content (AvgIpc) is 2.83. The van der Waals surface area contributed by atoms with Crippen molar-refractivity contribution < 1.29 is 1.37 Å². The molecule has 138 valence electrons. The van der Waals surface area contributed by atoms with Crippen molar-refractivity contribution in [2.24, 2.45) is 0 Å². The van der Waals surface area contributed by atoms with E-state index in [4.69, 9.17) is 1.37 Å². The fourth-order valence-electron chi connectivity index (χ4n) is 3.63. The third-order valence-corrected chi connectivity index (χ3v) is 5.05. The fourth-order valence-corrected chi connectivity index (χ4v) is 3.63. The van der Waals surface area contributed by atoms with E-state index in [1.54, 1.807) is 0 Å². The molecule has 30 heavy (non-hydrogen) atoms. The summed E-state index contributed by atoms with van der Waals surface area (Å²) < 4.78 is 8.64. The highest BCUT2D eigenvalue weighted by atomic mass is 14.1. The van der Waals surface area contributed by atoms with Crippen molar-refractivity contribution in [2.45, 2.75) is 0 Å². The molecule has 0 spiro atoms. The second kappa shape index (κ2) is 8.00. The molecule has 0 fully saturated rings. The van der Waals surface area contributed by atoms with Crippen LogP contribution in [0.15, 0.2) is 109 Å². The lowest BCUT2D eigenvalue weighted by Crippen LogP contribution is -1.90. The fraction of sp³-hybridized carbons (Fsp3) is 0. The van der Waals surface area contributed by atoms with Crippen molar-refractivity contribution in [1.82, 2.24) is 0 Å². The van der Waals surface area contributed by atoms with Gasteiger partial charge in [-0.15, -0.1) is 0 Å². The number of rotatable bonds is 0. The highest BCUT2D eigenvalue weighted by molar-refractivity contribution is 6.09. The van der Waals surface area contributed by atoms with Gasteiger partial charge >= 0.3 is 0 Å². The predicted molar refractivity (Wildman–Crippen MR) is 126 cm³/mol. The van der Waals surface area contributed by atoms with Crippen molar-refractivity contribution >= 4 is 21.5 Å². The topological polar surface area (TPSA) is 0 Å². The Hall–Kier alpha value is -4.26. The van der Waals surface area contributed by atoms with E-state index in [1.165, 1.54) is 0 Å². The van der Waals surface area contributed by atoms with Gasteiger partial charge in [0.05, 0.1) is 1.37 Å². The summed E-state index contributed by atoms with van der Waals surface area (Å²) in [6.45, 7) is 0. The van der Waals surface area contributed by atoms with Crippen LogP contribution in [0.25, 0.3) is 21.5 Å². The van der Waals surface area contributed by atoms with Crippen molar-refractivity contribution in [3.63, 3.8) is 0 Å². The highest BCUT2D eigenvalue weighted by Crippen LogP contribution is 2.32. The summed E-state index contributed by atoms with van der Waals surface area (Å²) in [4.78, 5) is 0. The molecule has 0 aromatic heterocycles. The molecular weight excluding hydrogens is 360 g/mol. The monoisotopic (exact) mass is 379 g/mol. The minimum atomic E-state index is 0.461. The van der Waals surface area contributed by atoms with E-state index in [0.29, 0.717) is 6.04 Å². The molecule has 5 aromatic carbocycles. The first-order chi connectivity index (χ1) is 15.3. The van der Waals surface area contributed by atoms with E-state index in [1.807, 2.05) is 91.0 Å². The molecule has 5 aromatic rings. The number of hydrogen-bond acceptors (Lipinski definition) is 0. The van der Waals surface area contributed by atoms with Gasteiger partial charge in [-0.1, -0.05) is 109 Å². The van der Waals surface area contributed by atoms with Crippen LogP contribution in [-0.4, -0.2) is 0 Å². The summed E-state index contributed by atoms with van der Waals surface area (Å²) in [5.74, 6) is 13.3. The molecule has 0 N–H and O–H groups in total. The molecular formula is C30H18. The third kappa shape index (κ3) is 3.44. The van der Waals surface area contributed by atoms with Crippen LogP contribution in [0.3, 0.4) is 0 Å². The quantitative estimate of drug-likeness (QED) is 0.205. The molecule has 0 heteroatoms. The van der Waals surface area contributed by atoms with Crippen molar-refractivity contribution in [2.75, 3.05) is 0 Å². The maximum Gasteiger partial charge on any atom is 0.0630 e. The van der Waals surface area contributed by atoms with Gasteiger partial charge in [-0.05, 0) is 45.8 Å². The van der Waals surface area contributed by atoms with Gasteiger partial charge in [0.25, 0.3) is 0 Å². The Morgan fingerprint density at radius 1 is 0.400 bits per heavy atom. The van der Waals surface area contributed by atoms with E-state index in [-0.39, 0.29) is 0 Å². The molecule has 5 rings (SSSR count). The molecule has 0 unspecified atom stereocenters. The third-order valence-electron chi connectivity index (χ3n) is 5.05. The summed E-state index contributed by atoms with van der Waals surface area (Å²) in [7, 11) is 0. The molecule has 0 nitrogen and oxygen atoms in total. The van der Waals surface area contributed by atoms with Gasteiger partial charge in [0, 0.05) is 22.3 Å². The summed E-state index contributed by atoms with van der Waals surface area (Å²) >= 11 is 0. The summed E-state index contributed by atoms with van der Waals surface area (Å²) in [6, 6.07) is 34.4. The Bertz CT molecular complexity index is 1520. The van der Waals surface area contributed by atoms with E-state index in [9.17, 15) is 0 Å². The van der Waals surface area contributed by atoms with Crippen LogP contribution >= 0.6 is 0 Å². The molecule has 0 amide bonds. The minimum absolute atomic E-state index is 0.461. The van der Waals surface area contributed by atoms with Crippen LogP contribution in [-0.2, 0) is 0 Å². The summed E-state index contributed by atoms with van der Waals surface area (Å²) in [5.41, 5.74) is 3.74. The molecule has 0 saturated carbocycles. The Morgan fingerprint density at radius 3 is 1.33 bits per heavy atom. The Morgan fingerprint density at radius 2 is 0.800 bits per heavy atom. The lowest BCUT2D eigenvalue weighted by atomic mass is 9.92.